The number of unbranched alkanes of at least 4 members (excludes halogenated alkanes) is 2. The van der Waals surface area contributed by atoms with Gasteiger partial charge in [-0.3, -0.25) is 57.5 Å². The molecule has 28 nitrogen and oxygen atoms in total. The summed E-state index contributed by atoms with van der Waals surface area (Å²) in [5.74, 6) is -9.38. The maximum atomic E-state index is 16.2. The lowest BCUT2D eigenvalue weighted by atomic mass is 9.95. The van der Waals surface area contributed by atoms with Crippen molar-refractivity contribution in [3.05, 3.63) is 142 Å². The van der Waals surface area contributed by atoms with Crippen LogP contribution in [0.4, 0.5) is 4.39 Å². The summed E-state index contributed by atoms with van der Waals surface area (Å²) in [7, 11) is 6.21. The van der Waals surface area contributed by atoms with Gasteiger partial charge in [-0.1, -0.05) is 91.2 Å². The van der Waals surface area contributed by atoms with E-state index in [1.54, 1.807) is 60.5 Å². The van der Waals surface area contributed by atoms with E-state index in [0.29, 0.717) is 91.2 Å². The molecule has 4 aromatic carbocycles. The van der Waals surface area contributed by atoms with E-state index in [9.17, 15) is 33.9 Å². The number of fused-ring (bicyclic) bond motifs is 16. The number of quaternary nitrogens is 1. The Morgan fingerprint density at radius 2 is 1.40 bits per heavy atom. The summed E-state index contributed by atoms with van der Waals surface area (Å²) in [5, 5.41) is 37.2. The highest BCUT2D eigenvalue weighted by molar-refractivity contribution is 6.00. The lowest BCUT2D eigenvalue weighted by molar-refractivity contribution is -0.870. The Morgan fingerprint density at radius 1 is 0.676 bits per heavy atom. The van der Waals surface area contributed by atoms with Crippen LogP contribution in [0.15, 0.2) is 97.2 Å². The monoisotopic (exact) mass is 1530 g/mol. The minimum Gasteiger partial charge on any atom is -0.391 e. The summed E-state index contributed by atoms with van der Waals surface area (Å²) in [5.41, 5.74) is 3.82. The van der Waals surface area contributed by atoms with Gasteiger partial charge in [0.2, 0.25) is 70.9 Å². The summed E-state index contributed by atoms with van der Waals surface area (Å²) >= 11 is 0. The molecular weight excluding hydrogens is 1420 g/mol. The summed E-state index contributed by atoms with van der Waals surface area (Å²) in [6.07, 6.45) is 3.24. The quantitative estimate of drug-likeness (QED) is 0.0672. The van der Waals surface area contributed by atoms with E-state index < -0.39 is 144 Å². The van der Waals surface area contributed by atoms with E-state index in [0.717, 1.165) is 45.5 Å². The first-order valence-electron chi connectivity index (χ1n) is 39.1. The van der Waals surface area contributed by atoms with Crippen molar-refractivity contribution < 1.29 is 76.3 Å². The third-order valence-corrected chi connectivity index (χ3v) is 21.7. The number of hydrogen-bond acceptors (Lipinski definition) is 14. The van der Waals surface area contributed by atoms with Gasteiger partial charge >= 0.3 is 0 Å². The van der Waals surface area contributed by atoms with Crippen LogP contribution < -0.4 is 47.9 Å². The van der Waals surface area contributed by atoms with E-state index in [4.69, 9.17) is 4.74 Å². The van der Waals surface area contributed by atoms with E-state index in [2.05, 4.69) is 69.0 Å². The number of rotatable bonds is 11. The lowest BCUT2D eigenvalue weighted by Gasteiger charge is -2.37. The molecule has 598 valence electrons. The van der Waals surface area contributed by atoms with Crippen LogP contribution in [0, 0.1) is 12.7 Å². The molecule has 5 aromatic rings. The Bertz CT molecular complexity index is 4200. The zero-order chi connectivity index (χ0) is 79.7. The van der Waals surface area contributed by atoms with Crippen LogP contribution in [0.2, 0.25) is 0 Å². The molecule has 0 saturated carbocycles. The summed E-state index contributed by atoms with van der Waals surface area (Å²) < 4.78 is 24.8. The zero-order valence-corrected chi connectivity index (χ0v) is 64.9. The lowest BCUT2D eigenvalue weighted by Crippen LogP contribution is -2.64. The molecule has 0 radical (unpaired) electrons. The largest absolute Gasteiger partial charge is 0.391 e. The predicted octanol–water partition coefficient (Wildman–Crippen LogP) is 2.86. The highest BCUT2D eigenvalue weighted by Gasteiger charge is 2.50. The van der Waals surface area contributed by atoms with Crippen LogP contribution in [0.1, 0.15) is 143 Å². The SMILES string of the molecule is Cc1ccc(C[C@@H]2NC(=O)[C@H]([C@@H](C)O)NC(=O)[C@@H]3[C@@H]4CCN3C(=O)[C@@H]3Cc5cn(c6ccc(F)cc56)CCCCCCN(Cc5ccc(cc5)CCNC(=O)[C@]5(C)CCCN5C2=O)C(=O)CCC(=O)N[C@@H](C)C(=O)N[C@H](CNC(=O)CCCCC[N+](C)(C)C)C(=O)N[C@@H](Cc2cccc(c2)CNC(=O)CO4)C(=O)N3)cc1. The van der Waals surface area contributed by atoms with Crippen LogP contribution in [0.5, 0.6) is 0 Å². The fourth-order valence-corrected chi connectivity index (χ4v) is 15.3. The van der Waals surface area contributed by atoms with E-state index in [1.807, 2.05) is 47.9 Å². The Morgan fingerprint density at radius 3 is 2.14 bits per heavy atom. The molecular formula is C82H110FN14O14+. The smallest absolute Gasteiger partial charge is 0.246 e. The van der Waals surface area contributed by atoms with Gasteiger partial charge in [-0.05, 0) is 137 Å². The van der Waals surface area contributed by atoms with Crippen LogP contribution in [0.3, 0.4) is 0 Å². The number of nitrogens with zero attached hydrogens (tertiary/aromatic N) is 5. The van der Waals surface area contributed by atoms with Gasteiger partial charge in [0.15, 0.2) is 0 Å². The van der Waals surface area contributed by atoms with Crippen molar-refractivity contribution in [1.82, 2.24) is 67.1 Å². The number of aliphatic hydroxyl groups excluding tert-OH is 1. The minimum atomic E-state index is -1.83. The first-order chi connectivity index (χ1) is 53.0. The van der Waals surface area contributed by atoms with Crippen LogP contribution in [-0.4, -0.2) is 227 Å². The average molecular weight is 1530 g/mol. The third kappa shape index (κ3) is 22.8. The predicted molar refractivity (Wildman–Crippen MR) is 411 cm³/mol. The van der Waals surface area contributed by atoms with Crippen molar-refractivity contribution in [2.45, 2.75) is 217 Å². The van der Waals surface area contributed by atoms with Gasteiger partial charge in [0.05, 0.1) is 39.9 Å². The molecule has 2 fully saturated rings. The van der Waals surface area contributed by atoms with E-state index >= 15 is 33.2 Å². The van der Waals surface area contributed by atoms with Crippen molar-refractivity contribution in [2.75, 3.05) is 67.0 Å². The van der Waals surface area contributed by atoms with Gasteiger partial charge in [0.25, 0.3) is 0 Å². The number of aromatic nitrogens is 1. The average Bonchev–Trinajstić information content (AvgIpc) is 1.67. The molecule has 11 rings (SSSR count). The molecule has 111 heavy (non-hydrogen) atoms. The molecule has 29 heteroatoms. The highest BCUT2D eigenvalue weighted by Crippen LogP contribution is 2.32. The molecule has 0 spiro atoms. The minimum absolute atomic E-state index is 0.0700. The number of benzene rings is 4. The topological polar surface area (TPSA) is 357 Å². The van der Waals surface area contributed by atoms with Crippen molar-refractivity contribution in [3.63, 3.8) is 0 Å². The van der Waals surface area contributed by atoms with Gasteiger partial charge in [0.1, 0.15) is 60.3 Å². The Kier molecular flexibility index (Phi) is 28.7. The summed E-state index contributed by atoms with van der Waals surface area (Å²) in [6, 6.07) is 14.7. The van der Waals surface area contributed by atoms with Crippen molar-refractivity contribution in [1.29, 1.82) is 0 Å². The van der Waals surface area contributed by atoms with Crippen molar-refractivity contribution in [2.24, 2.45) is 0 Å². The van der Waals surface area contributed by atoms with Gasteiger partial charge in [-0.25, -0.2) is 4.39 Å². The summed E-state index contributed by atoms with van der Waals surface area (Å²) in [4.78, 5) is 182. The molecule has 10 atom stereocenters. The maximum absolute atomic E-state index is 16.2. The fraction of sp³-hybridized carbons (Fsp3) is 0.537. The van der Waals surface area contributed by atoms with Crippen LogP contribution in [-0.2, 0) is 108 Å². The molecule has 2 saturated heterocycles. The van der Waals surface area contributed by atoms with Crippen LogP contribution >= 0.6 is 0 Å². The first kappa shape index (κ1) is 83.3. The molecule has 7 heterocycles. The number of nitrogens with one attached hydrogen (secondary N) is 9. The second-order valence-corrected chi connectivity index (χ2v) is 31.6. The highest BCUT2D eigenvalue weighted by atomic mass is 19.1. The Balaban J connectivity index is 1.08. The number of hydrogen-bond donors (Lipinski definition) is 10. The standard InChI is InChI=1S/C82H109FN14O14/c1-51-20-22-55(23-21-51)42-63-80(109)96-38-16-34-82(96,4)81(110)84-35-32-54-24-26-56(27-25-54)48-94-37-13-9-8-12-36-93-49-59(61-45-60(83)28-29-66(61)93)44-64-79(108)95-39-33-67(73(95)78(107)92-72(53(3)98)77(106)90-63)111-50-70(101)85-46-58-18-15-17-57(41-58)43-62(75(104)89-64)88-76(105)65(47-86-68(99)19-11-10-14-40-97(5,6)7)91-74(103)52(2)87-69(100)30-31-71(94)102/h15,17-18,20-29,41,45,49,52-53,62-65,67,72-73,98H,8-14,16,19,30-40,42-44,46-48,50H2,1-7H3,(H8-,84,85,86,87,88,89,90,91,92,99,100,101,103,104,105,106,107,110)/p+1/t52-,53+,62-,63-,64-,65+,67-,72-,73-,82-/m0/s1. The Labute approximate surface area is 647 Å². The molecule has 1 aromatic heterocycles. The molecule has 0 unspecified atom stereocenters. The first-order valence-corrected chi connectivity index (χ1v) is 39.1. The number of ether oxygens (including phenoxy) is 1. The van der Waals surface area contributed by atoms with Gasteiger partial charge in [-0.2, -0.15) is 0 Å². The van der Waals surface area contributed by atoms with Crippen molar-refractivity contribution >= 4 is 81.8 Å². The number of halogens is 1. The van der Waals surface area contributed by atoms with E-state index in [1.165, 1.54) is 30.9 Å². The number of aliphatic hydroxyl groups is 1. The second kappa shape index (κ2) is 38.2. The molecule has 10 N–H and O–H groups in total. The number of amides is 12. The van der Waals surface area contributed by atoms with Crippen LogP contribution in [0.25, 0.3) is 10.9 Å². The van der Waals surface area contributed by atoms with Gasteiger partial charge in [-0.15, -0.1) is 0 Å². The van der Waals surface area contributed by atoms with Crippen molar-refractivity contribution in [3.8, 4) is 0 Å². The van der Waals surface area contributed by atoms with Gasteiger partial charge in [0, 0.05) is 108 Å². The molecule has 12 amide bonds. The number of carbonyl (C=O) groups excluding carboxylic acids is 12. The molecule has 6 aliphatic heterocycles. The summed E-state index contributed by atoms with van der Waals surface area (Å²) in [6.45, 7) is 6.87. The number of carbonyl (C=O) groups is 12. The molecule has 12 bridgehead atoms. The number of aryl methyl sites for hydroxylation is 2. The maximum Gasteiger partial charge on any atom is 0.246 e. The molecule has 0 aliphatic carbocycles. The third-order valence-electron chi connectivity index (χ3n) is 21.7. The Hall–Kier alpha value is -10.1. The zero-order valence-electron chi connectivity index (χ0n) is 64.9. The van der Waals surface area contributed by atoms with E-state index in [-0.39, 0.29) is 90.0 Å². The molecule has 6 aliphatic rings. The second-order valence-electron chi connectivity index (χ2n) is 31.6. The fourth-order valence-electron chi connectivity index (χ4n) is 15.3. The van der Waals surface area contributed by atoms with Gasteiger partial charge < -0.3 is 81.4 Å². The normalized spacial score (nSPS) is 25.1.